The SMILES string of the molecule is CCC(O)(CC)CNC(=O)C1Cc2ccccc21. The highest BCUT2D eigenvalue weighted by atomic mass is 16.3. The summed E-state index contributed by atoms with van der Waals surface area (Å²) in [5.74, 6) is 0.00758. The van der Waals surface area contributed by atoms with E-state index >= 15 is 0 Å². The van der Waals surface area contributed by atoms with Crippen LogP contribution in [0, 0.1) is 0 Å². The van der Waals surface area contributed by atoms with Crippen molar-refractivity contribution in [3.8, 4) is 0 Å². The summed E-state index contributed by atoms with van der Waals surface area (Å²) in [4.78, 5) is 12.0. The van der Waals surface area contributed by atoms with Gasteiger partial charge in [-0.1, -0.05) is 38.1 Å². The maximum Gasteiger partial charge on any atom is 0.227 e. The molecule has 98 valence electrons. The zero-order chi connectivity index (χ0) is 13.2. The molecule has 1 aliphatic carbocycles. The lowest BCUT2D eigenvalue weighted by molar-refractivity contribution is -0.124. The third-order valence-electron chi connectivity index (χ3n) is 4.08. The number of hydrogen-bond donors (Lipinski definition) is 2. The Balaban J connectivity index is 1.92. The Labute approximate surface area is 108 Å². The number of amides is 1. The molecule has 0 saturated carbocycles. The van der Waals surface area contributed by atoms with E-state index in [1.54, 1.807) is 0 Å². The van der Waals surface area contributed by atoms with Gasteiger partial charge in [0.15, 0.2) is 0 Å². The van der Waals surface area contributed by atoms with Crippen molar-refractivity contribution in [2.24, 2.45) is 0 Å². The van der Waals surface area contributed by atoms with Crippen LogP contribution in [-0.4, -0.2) is 23.2 Å². The van der Waals surface area contributed by atoms with Gasteiger partial charge in [0, 0.05) is 6.54 Å². The molecule has 0 aliphatic heterocycles. The fourth-order valence-corrected chi connectivity index (χ4v) is 2.37. The number of rotatable bonds is 5. The van der Waals surface area contributed by atoms with Gasteiger partial charge < -0.3 is 10.4 Å². The van der Waals surface area contributed by atoms with Crippen LogP contribution in [0.2, 0.25) is 0 Å². The highest BCUT2D eigenvalue weighted by molar-refractivity contribution is 5.86. The quantitative estimate of drug-likeness (QED) is 0.836. The molecule has 18 heavy (non-hydrogen) atoms. The van der Waals surface area contributed by atoms with Gasteiger partial charge in [-0.15, -0.1) is 0 Å². The van der Waals surface area contributed by atoms with Crippen LogP contribution in [0.1, 0.15) is 43.7 Å². The highest BCUT2D eigenvalue weighted by Crippen LogP contribution is 2.34. The second-order valence-electron chi connectivity index (χ2n) is 5.10. The van der Waals surface area contributed by atoms with Crippen LogP contribution in [0.3, 0.4) is 0 Å². The molecule has 0 radical (unpaired) electrons. The number of aliphatic hydroxyl groups is 1. The topological polar surface area (TPSA) is 49.3 Å². The minimum absolute atomic E-state index is 0.0286. The molecule has 0 fully saturated rings. The minimum Gasteiger partial charge on any atom is -0.388 e. The fraction of sp³-hybridized carbons (Fsp3) is 0.533. The van der Waals surface area contributed by atoms with Crippen LogP contribution in [0.25, 0.3) is 0 Å². The lowest BCUT2D eigenvalue weighted by Crippen LogP contribution is -2.45. The summed E-state index contributed by atoms with van der Waals surface area (Å²) in [6.45, 7) is 4.22. The molecule has 0 aromatic heterocycles. The van der Waals surface area contributed by atoms with Gasteiger partial charge in [0.2, 0.25) is 5.91 Å². The number of fused-ring (bicyclic) bond motifs is 1. The molecule has 1 aliphatic rings. The third-order valence-corrected chi connectivity index (χ3v) is 4.08. The van der Waals surface area contributed by atoms with Crippen LogP contribution in [-0.2, 0) is 11.2 Å². The van der Waals surface area contributed by atoms with Gasteiger partial charge in [0.05, 0.1) is 11.5 Å². The monoisotopic (exact) mass is 247 g/mol. The second kappa shape index (κ2) is 5.11. The molecule has 1 atom stereocenters. The van der Waals surface area contributed by atoms with Crippen molar-refractivity contribution >= 4 is 5.91 Å². The Morgan fingerprint density at radius 1 is 1.39 bits per heavy atom. The normalized spacial score (nSPS) is 17.8. The molecule has 1 aromatic carbocycles. The van der Waals surface area contributed by atoms with E-state index in [1.807, 2.05) is 32.0 Å². The Kier molecular flexibility index (Phi) is 3.71. The Morgan fingerprint density at radius 2 is 2.06 bits per heavy atom. The van der Waals surface area contributed by atoms with Crippen molar-refractivity contribution in [2.45, 2.75) is 44.6 Å². The van der Waals surface area contributed by atoms with Crippen LogP contribution in [0.15, 0.2) is 24.3 Å². The fourth-order valence-electron chi connectivity index (χ4n) is 2.37. The minimum atomic E-state index is -0.765. The van der Waals surface area contributed by atoms with Crippen molar-refractivity contribution in [2.75, 3.05) is 6.54 Å². The average molecular weight is 247 g/mol. The summed E-state index contributed by atoms with van der Waals surface area (Å²) < 4.78 is 0. The van der Waals surface area contributed by atoms with Crippen molar-refractivity contribution in [1.29, 1.82) is 0 Å². The van der Waals surface area contributed by atoms with E-state index < -0.39 is 5.60 Å². The van der Waals surface area contributed by atoms with Crippen molar-refractivity contribution in [3.63, 3.8) is 0 Å². The third kappa shape index (κ3) is 2.41. The Morgan fingerprint density at radius 3 is 2.67 bits per heavy atom. The first-order valence-electron chi connectivity index (χ1n) is 6.67. The lowest BCUT2D eigenvalue weighted by atomic mass is 9.77. The Bertz CT molecular complexity index is 438. The molecule has 2 rings (SSSR count). The van der Waals surface area contributed by atoms with Gasteiger partial charge in [0.1, 0.15) is 0 Å². The van der Waals surface area contributed by atoms with Crippen LogP contribution < -0.4 is 5.32 Å². The molecule has 0 heterocycles. The van der Waals surface area contributed by atoms with Gasteiger partial charge in [-0.05, 0) is 30.4 Å². The molecule has 1 unspecified atom stereocenters. The van der Waals surface area contributed by atoms with E-state index in [4.69, 9.17) is 0 Å². The van der Waals surface area contributed by atoms with E-state index in [2.05, 4.69) is 11.4 Å². The zero-order valence-electron chi connectivity index (χ0n) is 11.1. The molecule has 0 spiro atoms. The molecule has 2 N–H and O–H groups in total. The molecule has 1 aromatic rings. The van der Waals surface area contributed by atoms with E-state index in [0.29, 0.717) is 19.4 Å². The molecule has 0 saturated heterocycles. The number of nitrogens with one attached hydrogen (secondary N) is 1. The largest absolute Gasteiger partial charge is 0.388 e. The molecular weight excluding hydrogens is 226 g/mol. The molecule has 3 heteroatoms. The van der Waals surface area contributed by atoms with E-state index in [0.717, 1.165) is 12.0 Å². The molecule has 1 amide bonds. The van der Waals surface area contributed by atoms with Gasteiger partial charge in [-0.2, -0.15) is 0 Å². The van der Waals surface area contributed by atoms with Crippen LogP contribution in [0.5, 0.6) is 0 Å². The second-order valence-corrected chi connectivity index (χ2v) is 5.10. The standard InChI is InChI=1S/C15H21NO2/c1-3-15(18,4-2)10-16-14(17)13-9-11-7-5-6-8-12(11)13/h5-8,13,18H,3-4,9-10H2,1-2H3,(H,16,17). The van der Waals surface area contributed by atoms with Crippen molar-refractivity contribution in [3.05, 3.63) is 35.4 Å². The number of hydrogen-bond acceptors (Lipinski definition) is 2. The first-order valence-corrected chi connectivity index (χ1v) is 6.67. The zero-order valence-corrected chi connectivity index (χ0v) is 11.1. The van der Waals surface area contributed by atoms with Gasteiger partial charge in [-0.3, -0.25) is 4.79 Å². The van der Waals surface area contributed by atoms with Gasteiger partial charge >= 0.3 is 0 Å². The first kappa shape index (κ1) is 13.1. The summed E-state index contributed by atoms with van der Waals surface area (Å²) in [6, 6.07) is 8.04. The van der Waals surface area contributed by atoms with Crippen molar-refractivity contribution < 1.29 is 9.90 Å². The van der Waals surface area contributed by atoms with E-state index in [9.17, 15) is 9.90 Å². The number of carbonyl (C=O) groups is 1. The van der Waals surface area contributed by atoms with Crippen molar-refractivity contribution in [1.82, 2.24) is 5.32 Å². The highest BCUT2D eigenvalue weighted by Gasteiger charge is 2.33. The Hall–Kier alpha value is -1.35. The molecule has 3 nitrogen and oxygen atoms in total. The predicted molar refractivity (Wildman–Crippen MR) is 71.4 cm³/mol. The average Bonchev–Trinajstić information content (AvgIpc) is 2.37. The number of carbonyl (C=O) groups excluding carboxylic acids is 1. The maximum atomic E-state index is 12.0. The summed E-state index contributed by atoms with van der Waals surface area (Å²) in [6.07, 6.45) is 2.13. The van der Waals surface area contributed by atoms with Crippen LogP contribution >= 0.6 is 0 Å². The summed E-state index contributed by atoms with van der Waals surface area (Å²) >= 11 is 0. The maximum absolute atomic E-state index is 12.0. The van der Waals surface area contributed by atoms with Crippen LogP contribution in [0.4, 0.5) is 0 Å². The predicted octanol–water partition coefficient (Wildman–Crippen LogP) is 1.99. The summed E-state index contributed by atoms with van der Waals surface area (Å²) in [5, 5.41) is 13.0. The van der Waals surface area contributed by atoms with Gasteiger partial charge in [0.25, 0.3) is 0 Å². The first-order chi connectivity index (χ1) is 8.59. The van der Waals surface area contributed by atoms with Gasteiger partial charge in [-0.25, -0.2) is 0 Å². The molecule has 0 bridgehead atoms. The lowest BCUT2D eigenvalue weighted by Gasteiger charge is -2.31. The summed E-state index contributed by atoms with van der Waals surface area (Å²) in [7, 11) is 0. The van der Waals surface area contributed by atoms with E-state index in [1.165, 1.54) is 5.56 Å². The smallest absolute Gasteiger partial charge is 0.227 e. The molecular formula is C15H21NO2. The van der Waals surface area contributed by atoms with E-state index in [-0.39, 0.29) is 11.8 Å². The number of benzene rings is 1. The summed E-state index contributed by atoms with van der Waals surface area (Å²) in [5.41, 5.74) is 1.63.